The number of imidazole rings is 1. The first-order valence-corrected chi connectivity index (χ1v) is 7.77. The molecule has 3 rings (SSSR count). The normalized spacial score (nSPS) is 24.6. The zero-order chi connectivity index (χ0) is 18.3. The molecule has 1 fully saturated rings. The van der Waals surface area contributed by atoms with Crippen molar-refractivity contribution in [1.82, 2.24) is 19.5 Å². The first-order chi connectivity index (χ1) is 11.8. The summed E-state index contributed by atoms with van der Waals surface area (Å²) in [6, 6.07) is -1.31. The van der Waals surface area contributed by atoms with Crippen LogP contribution in [0.2, 0.25) is 0 Å². The van der Waals surface area contributed by atoms with Crippen molar-refractivity contribution in [1.29, 1.82) is 0 Å². The van der Waals surface area contributed by atoms with Crippen molar-refractivity contribution < 1.29 is 20.1 Å². The highest BCUT2D eigenvalue weighted by atomic mass is 16.4. The lowest BCUT2D eigenvalue weighted by atomic mass is 10.0. The molecule has 0 spiro atoms. The first kappa shape index (κ1) is 17.1. The number of nitrogens with zero attached hydrogens (tertiary/aromatic N) is 3. The molecule has 4 atom stereocenters. The summed E-state index contributed by atoms with van der Waals surface area (Å²) in [5, 5.41) is 31.0. The molecule has 1 aliphatic rings. The lowest BCUT2D eigenvalue weighted by Gasteiger charge is -2.16. The van der Waals surface area contributed by atoms with Crippen LogP contribution in [0.4, 0.5) is 5.95 Å². The maximum absolute atomic E-state index is 12.2. The van der Waals surface area contributed by atoms with Crippen LogP contribution in [0.15, 0.2) is 23.3 Å². The van der Waals surface area contributed by atoms with Gasteiger partial charge in [-0.15, -0.1) is 0 Å². The van der Waals surface area contributed by atoms with Gasteiger partial charge in [-0.3, -0.25) is 14.6 Å². The number of carboxylic acid groups (broad SMARTS) is 1. The van der Waals surface area contributed by atoms with E-state index in [0.717, 1.165) is 0 Å². The fourth-order valence-electron chi connectivity index (χ4n) is 3.06. The van der Waals surface area contributed by atoms with Gasteiger partial charge in [0, 0.05) is 5.92 Å². The van der Waals surface area contributed by atoms with E-state index in [1.807, 2.05) is 0 Å². The SMILES string of the molecule is C=C1C(CO)C(O)CC1n1cnc2c(=O)[nH]c(NC(C)C(=O)O)nc21. The molecule has 0 aromatic carbocycles. The Hall–Kier alpha value is -2.72. The molecule has 0 aliphatic heterocycles. The highest BCUT2D eigenvalue weighted by Gasteiger charge is 2.38. The van der Waals surface area contributed by atoms with Crippen molar-refractivity contribution in [2.24, 2.45) is 5.92 Å². The number of aromatic amines is 1. The number of hydrogen-bond donors (Lipinski definition) is 5. The van der Waals surface area contributed by atoms with Crippen molar-refractivity contribution in [3.63, 3.8) is 0 Å². The number of rotatable bonds is 5. The highest BCUT2D eigenvalue weighted by Crippen LogP contribution is 2.39. The molecule has 10 heteroatoms. The summed E-state index contributed by atoms with van der Waals surface area (Å²) >= 11 is 0. The van der Waals surface area contributed by atoms with E-state index >= 15 is 0 Å². The molecule has 1 aliphatic carbocycles. The molecule has 2 aromatic rings. The Morgan fingerprint density at radius 3 is 2.92 bits per heavy atom. The van der Waals surface area contributed by atoms with Crippen LogP contribution in [0.25, 0.3) is 11.2 Å². The van der Waals surface area contributed by atoms with Crippen LogP contribution in [0.5, 0.6) is 0 Å². The van der Waals surface area contributed by atoms with Gasteiger partial charge >= 0.3 is 5.97 Å². The Morgan fingerprint density at radius 2 is 2.32 bits per heavy atom. The monoisotopic (exact) mass is 349 g/mol. The van der Waals surface area contributed by atoms with Crippen LogP contribution < -0.4 is 10.9 Å². The Balaban J connectivity index is 2.03. The van der Waals surface area contributed by atoms with Crippen LogP contribution in [0.3, 0.4) is 0 Å². The summed E-state index contributed by atoms with van der Waals surface area (Å²) in [5.41, 5.74) is 0.473. The third-order valence-corrected chi connectivity index (χ3v) is 4.52. The summed E-state index contributed by atoms with van der Waals surface area (Å²) in [6.07, 6.45) is 1.00. The molecular formula is C15H19N5O5. The smallest absolute Gasteiger partial charge is 0.325 e. The Morgan fingerprint density at radius 1 is 1.60 bits per heavy atom. The number of anilines is 1. The van der Waals surface area contributed by atoms with Gasteiger partial charge in [-0.25, -0.2) is 4.98 Å². The minimum Gasteiger partial charge on any atom is -0.480 e. The number of aromatic nitrogens is 4. The van der Waals surface area contributed by atoms with Gasteiger partial charge in [-0.2, -0.15) is 4.98 Å². The molecular weight excluding hydrogens is 330 g/mol. The van der Waals surface area contributed by atoms with Crippen LogP contribution in [-0.4, -0.2) is 59.6 Å². The lowest BCUT2D eigenvalue weighted by Crippen LogP contribution is -2.28. The van der Waals surface area contributed by atoms with Crippen LogP contribution >= 0.6 is 0 Å². The van der Waals surface area contributed by atoms with Crippen LogP contribution in [0.1, 0.15) is 19.4 Å². The predicted octanol–water partition coefficient (Wildman–Crippen LogP) is -0.525. The van der Waals surface area contributed by atoms with E-state index in [4.69, 9.17) is 5.11 Å². The summed E-state index contributed by atoms with van der Waals surface area (Å²) in [6.45, 7) is 5.14. The number of aliphatic carboxylic acids is 1. The van der Waals surface area contributed by atoms with Gasteiger partial charge in [-0.1, -0.05) is 6.58 Å². The van der Waals surface area contributed by atoms with Gasteiger partial charge in [0.2, 0.25) is 5.95 Å². The van der Waals surface area contributed by atoms with Crippen LogP contribution in [-0.2, 0) is 4.79 Å². The van der Waals surface area contributed by atoms with E-state index in [2.05, 4.69) is 26.8 Å². The van der Waals surface area contributed by atoms with E-state index in [-0.39, 0.29) is 29.8 Å². The zero-order valence-electron chi connectivity index (χ0n) is 13.5. The lowest BCUT2D eigenvalue weighted by molar-refractivity contribution is -0.137. The van der Waals surface area contributed by atoms with E-state index in [9.17, 15) is 19.8 Å². The Bertz CT molecular complexity index is 888. The second-order valence-corrected chi connectivity index (χ2v) is 6.13. The number of hydrogen-bond acceptors (Lipinski definition) is 7. The predicted molar refractivity (Wildman–Crippen MR) is 88.2 cm³/mol. The molecule has 0 bridgehead atoms. The molecule has 4 unspecified atom stereocenters. The van der Waals surface area contributed by atoms with Gasteiger partial charge in [0.1, 0.15) is 6.04 Å². The standard InChI is InChI=1S/C15H19N5O5/c1-6-8(4-21)10(22)3-9(6)20-5-16-11-12(20)18-15(19-13(11)23)17-7(2)14(24)25/h5,7-10,21-22H,1,3-4H2,2H3,(H,24,25)(H2,17,18,19,23). The van der Waals surface area contributed by atoms with Gasteiger partial charge in [-0.05, 0) is 18.9 Å². The quantitative estimate of drug-likeness (QED) is 0.452. The van der Waals surface area contributed by atoms with E-state index in [1.54, 1.807) is 4.57 Å². The molecule has 10 nitrogen and oxygen atoms in total. The third-order valence-electron chi connectivity index (χ3n) is 4.52. The maximum Gasteiger partial charge on any atom is 0.325 e. The van der Waals surface area contributed by atoms with Crippen LogP contribution in [0, 0.1) is 5.92 Å². The van der Waals surface area contributed by atoms with Gasteiger partial charge in [0.25, 0.3) is 5.56 Å². The number of carbonyl (C=O) groups is 1. The zero-order valence-corrected chi connectivity index (χ0v) is 13.5. The minimum absolute atomic E-state index is 0.0111. The molecule has 134 valence electrons. The number of aliphatic hydroxyl groups is 2. The number of fused-ring (bicyclic) bond motifs is 1. The molecule has 2 aromatic heterocycles. The van der Waals surface area contributed by atoms with E-state index < -0.39 is 29.6 Å². The number of H-pyrrole nitrogens is 1. The molecule has 25 heavy (non-hydrogen) atoms. The topological polar surface area (TPSA) is 153 Å². The second-order valence-electron chi connectivity index (χ2n) is 6.13. The summed E-state index contributed by atoms with van der Waals surface area (Å²) in [5.74, 6) is -1.53. The summed E-state index contributed by atoms with van der Waals surface area (Å²) < 4.78 is 1.61. The molecule has 2 heterocycles. The van der Waals surface area contributed by atoms with Gasteiger partial charge in [0.05, 0.1) is 25.1 Å². The number of carboxylic acids is 1. The van der Waals surface area contributed by atoms with Gasteiger partial charge in [0.15, 0.2) is 11.2 Å². The first-order valence-electron chi connectivity index (χ1n) is 7.77. The van der Waals surface area contributed by atoms with E-state index in [1.165, 1.54) is 13.3 Å². The highest BCUT2D eigenvalue weighted by molar-refractivity contribution is 5.77. The maximum atomic E-state index is 12.2. The van der Waals surface area contributed by atoms with Crippen molar-refractivity contribution in [2.45, 2.75) is 31.5 Å². The van der Waals surface area contributed by atoms with E-state index in [0.29, 0.717) is 12.0 Å². The molecule has 5 N–H and O–H groups in total. The largest absolute Gasteiger partial charge is 0.480 e. The summed E-state index contributed by atoms with van der Waals surface area (Å²) in [4.78, 5) is 33.9. The molecule has 0 radical (unpaired) electrons. The summed E-state index contributed by atoms with van der Waals surface area (Å²) in [7, 11) is 0. The Labute approximate surface area is 141 Å². The second kappa shape index (κ2) is 6.30. The van der Waals surface area contributed by atoms with Crippen molar-refractivity contribution >= 4 is 23.1 Å². The Kier molecular flexibility index (Phi) is 4.31. The fraction of sp³-hybridized carbons (Fsp3) is 0.467. The van der Waals surface area contributed by atoms with Gasteiger partial charge < -0.3 is 25.2 Å². The minimum atomic E-state index is -1.09. The number of nitrogens with one attached hydrogen (secondary N) is 2. The fourth-order valence-corrected chi connectivity index (χ4v) is 3.06. The average molecular weight is 349 g/mol. The van der Waals surface area contributed by atoms with Crippen molar-refractivity contribution in [2.75, 3.05) is 11.9 Å². The number of aliphatic hydroxyl groups excluding tert-OH is 2. The average Bonchev–Trinajstić information content (AvgIpc) is 3.08. The third kappa shape index (κ3) is 2.89. The molecule has 0 saturated heterocycles. The van der Waals surface area contributed by atoms with Crippen molar-refractivity contribution in [3.05, 3.63) is 28.8 Å². The molecule has 0 amide bonds. The molecule has 1 saturated carbocycles. The van der Waals surface area contributed by atoms with Crippen molar-refractivity contribution in [3.8, 4) is 0 Å².